The molecule has 2 rings (SSSR count). The van der Waals surface area contributed by atoms with E-state index in [1.54, 1.807) is 16.9 Å². The third-order valence-electron chi connectivity index (χ3n) is 2.10. The molecule has 1 fully saturated rings. The summed E-state index contributed by atoms with van der Waals surface area (Å²) in [5.41, 5.74) is 5.67. The predicted octanol–water partition coefficient (Wildman–Crippen LogP) is 0.392. The van der Waals surface area contributed by atoms with Gasteiger partial charge in [0.2, 0.25) is 0 Å². The zero-order valence-electron chi connectivity index (χ0n) is 6.73. The Kier molecular flexibility index (Phi) is 1.60. The van der Waals surface area contributed by atoms with Crippen molar-refractivity contribution in [3.8, 4) is 0 Å². The number of nitrogens with zero attached hydrogens (tertiary/aromatic N) is 2. The first-order valence-electron chi connectivity index (χ1n) is 4.09. The van der Waals surface area contributed by atoms with E-state index in [-0.39, 0.29) is 0 Å². The van der Waals surface area contributed by atoms with E-state index in [4.69, 9.17) is 5.73 Å². The molecule has 12 heavy (non-hydrogen) atoms. The van der Waals surface area contributed by atoms with Crippen molar-refractivity contribution in [3.63, 3.8) is 0 Å². The van der Waals surface area contributed by atoms with Gasteiger partial charge in [-0.25, -0.2) is 0 Å². The molecule has 1 aliphatic carbocycles. The Morgan fingerprint density at radius 2 is 2.50 bits per heavy atom. The fraction of sp³-hybridized carbons (Fsp3) is 0.500. The molecular formula is C8H11N3O. The molecule has 1 aromatic rings. The molecule has 2 N–H and O–H groups in total. The highest BCUT2D eigenvalue weighted by Gasteiger charge is 2.23. The van der Waals surface area contributed by atoms with Crippen LogP contribution in [0.3, 0.4) is 0 Å². The van der Waals surface area contributed by atoms with Gasteiger partial charge in [0.25, 0.3) is 5.91 Å². The quantitative estimate of drug-likeness (QED) is 0.704. The first kappa shape index (κ1) is 7.34. The van der Waals surface area contributed by atoms with Crippen LogP contribution in [0, 0.1) is 5.92 Å². The van der Waals surface area contributed by atoms with Gasteiger partial charge in [-0.1, -0.05) is 0 Å². The summed E-state index contributed by atoms with van der Waals surface area (Å²) in [6.07, 6.45) is 4.11. The molecule has 0 spiro atoms. The summed E-state index contributed by atoms with van der Waals surface area (Å²) in [5.74, 6) is 0.316. The minimum Gasteiger partial charge on any atom is -0.364 e. The number of aromatic nitrogens is 2. The Morgan fingerprint density at radius 1 is 1.75 bits per heavy atom. The number of hydrogen-bond donors (Lipinski definition) is 1. The molecule has 0 saturated heterocycles. The second-order valence-corrected chi connectivity index (χ2v) is 3.21. The third-order valence-corrected chi connectivity index (χ3v) is 2.10. The van der Waals surface area contributed by atoms with E-state index >= 15 is 0 Å². The SMILES string of the molecule is NC(=O)c1ccnn1CC1CC1. The van der Waals surface area contributed by atoms with E-state index in [9.17, 15) is 4.79 Å². The standard InChI is InChI=1S/C8H11N3O/c9-8(12)7-3-4-10-11(7)5-6-1-2-6/h3-4,6H,1-2,5H2,(H2,9,12). The van der Waals surface area contributed by atoms with Gasteiger partial charge in [-0.15, -0.1) is 0 Å². The maximum atomic E-state index is 10.8. The van der Waals surface area contributed by atoms with Crippen molar-refractivity contribution in [3.05, 3.63) is 18.0 Å². The Labute approximate surface area is 70.4 Å². The van der Waals surface area contributed by atoms with Crippen molar-refractivity contribution in [1.29, 1.82) is 0 Å². The van der Waals surface area contributed by atoms with Gasteiger partial charge in [-0.2, -0.15) is 5.10 Å². The molecule has 0 atom stereocenters. The van der Waals surface area contributed by atoms with E-state index in [0.29, 0.717) is 11.6 Å². The van der Waals surface area contributed by atoms with Crippen molar-refractivity contribution >= 4 is 5.91 Å². The summed E-state index contributed by atoms with van der Waals surface area (Å²) in [6.45, 7) is 0.839. The minimum absolute atomic E-state index is 0.395. The second-order valence-electron chi connectivity index (χ2n) is 3.21. The summed E-state index contributed by atoms with van der Waals surface area (Å²) < 4.78 is 1.69. The maximum absolute atomic E-state index is 10.8. The summed E-state index contributed by atoms with van der Waals surface area (Å²) in [7, 11) is 0. The molecule has 1 aromatic heterocycles. The van der Waals surface area contributed by atoms with Crippen LogP contribution >= 0.6 is 0 Å². The molecule has 1 aliphatic rings. The smallest absolute Gasteiger partial charge is 0.266 e. The van der Waals surface area contributed by atoms with Gasteiger partial charge in [0.15, 0.2) is 0 Å². The lowest BCUT2D eigenvalue weighted by Gasteiger charge is -2.01. The molecule has 1 heterocycles. The average Bonchev–Trinajstić information content (AvgIpc) is 2.66. The number of carbonyl (C=O) groups is 1. The molecular weight excluding hydrogens is 154 g/mol. The first-order valence-corrected chi connectivity index (χ1v) is 4.09. The Balaban J connectivity index is 2.17. The third kappa shape index (κ3) is 1.32. The van der Waals surface area contributed by atoms with Crippen LogP contribution in [0.2, 0.25) is 0 Å². The normalized spacial score (nSPS) is 16.3. The Hall–Kier alpha value is -1.32. The monoisotopic (exact) mass is 165 g/mol. The van der Waals surface area contributed by atoms with Gasteiger partial charge >= 0.3 is 0 Å². The van der Waals surface area contributed by atoms with Gasteiger partial charge in [0.05, 0.1) is 0 Å². The van der Waals surface area contributed by atoms with E-state index in [1.165, 1.54) is 12.8 Å². The van der Waals surface area contributed by atoms with Crippen molar-refractivity contribution < 1.29 is 4.79 Å². The van der Waals surface area contributed by atoms with Crippen LogP contribution in [0.15, 0.2) is 12.3 Å². The molecule has 0 aliphatic heterocycles. The summed E-state index contributed by atoms with van der Waals surface area (Å²) in [6, 6.07) is 1.66. The topological polar surface area (TPSA) is 60.9 Å². The highest BCUT2D eigenvalue weighted by atomic mass is 16.1. The van der Waals surface area contributed by atoms with Crippen LogP contribution in [0.25, 0.3) is 0 Å². The Bertz CT molecular complexity index is 301. The zero-order chi connectivity index (χ0) is 8.55. The highest BCUT2D eigenvalue weighted by molar-refractivity contribution is 5.90. The molecule has 1 saturated carbocycles. The highest BCUT2D eigenvalue weighted by Crippen LogP contribution is 2.30. The van der Waals surface area contributed by atoms with E-state index in [0.717, 1.165) is 6.54 Å². The van der Waals surface area contributed by atoms with Crippen LogP contribution in [-0.4, -0.2) is 15.7 Å². The van der Waals surface area contributed by atoms with Gasteiger partial charge in [-0.3, -0.25) is 9.48 Å². The molecule has 4 nitrogen and oxygen atoms in total. The lowest BCUT2D eigenvalue weighted by molar-refractivity contribution is 0.0989. The first-order chi connectivity index (χ1) is 5.77. The van der Waals surface area contributed by atoms with E-state index in [1.807, 2.05) is 0 Å². The molecule has 1 amide bonds. The van der Waals surface area contributed by atoms with Crippen LogP contribution in [-0.2, 0) is 6.54 Å². The van der Waals surface area contributed by atoms with Crippen LogP contribution in [0.4, 0.5) is 0 Å². The van der Waals surface area contributed by atoms with Crippen molar-refractivity contribution in [1.82, 2.24) is 9.78 Å². The largest absolute Gasteiger partial charge is 0.364 e. The number of carbonyl (C=O) groups excluding carboxylic acids is 1. The summed E-state index contributed by atoms with van der Waals surface area (Å²) in [4.78, 5) is 10.8. The fourth-order valence-corrected chi connectivity index (χ4v) is 1.23. The lowest BCUT2D eigenvalue weighted by Crippen LogP contribution is -2.18. The Morgan fingerprint density at radius 3 is 3.08 bits per heavy atom. The summed E-state index contributed by atoms with van der Waals surface area (Å²) in [5, 5.41) is 4.03. The number of rotatable bonds is 3. The van der Waals surface area contributed by atoms with Gasteiger partial charge < -0.3 is 5.73 Å². The molecule has 0 aromatic carbocycles. The van der Waals surface area contributed by atoms with Crippen molar-refractivity contribution in [2.24, 2.45) is 11.7 Å². The van der Waals surface area contributed by atoms with E-state index < -0.39 is 5.91 Å². The zero-order valence-corrected chi connectivity index (χ0v) is 6.73. The van der Waals surface area contributed by atoms with Crippen LogP contribution in [0.5, 0.6) is 0 Å². The van der Waals surface area contributed by atoms with Crippen molar-refractivity contribution in [2.45, 2.75) is 19.4 Å². The number of primary amides is 1. The molecule has 0 bridgehead atoms. The average molecular weight is 165 g/mol. The molecule has 0 radical (unpaired) electrons. The molecule has 64 valence electrons. The number of nitrogens with two attached hydrogens (primary N) is 1. The maximum Gasteiger partial charge on any atom is 0.266 e. The fourth-order valence-electron chi connectivity index (χ4n) is 1.23. The number of amides is 1. The van der Waals surface area contributed by atoms with Gasteiger partial charge in [0.1, 0.15) is 5.69 Å². The van der Waals surface area contributed by atoms with Gasteiger partial charge in [-0.05, 0) is 24.8 Å². The second kappa shape index (κ2) is 2.62. The predicted molar refractivity (Wildman–Crippen MR) is 43.5 cm³/mol. The van der Waals surface area contributed by atoms with Crippen LogP contribution in [0.1, 0.15) is 23.3 Å². The van der Waals surface area contributed by atoms with Crippen LogP contribution < -0.4 is 5.73 Å². The van der Waals surface area contributed by atoms with Crippen molar-refractivity contribution in [2.75, 3.05) is 0 Å². The molecule has 0 unspecified atom stereocenters. The lowest BCUT2D eigenvalue weighted by atomic mass is 10.4. The minimum atomic E-state index is -0.395. The number of hydrogen-bond acceptors (Lipinski definition) is 2. The van der Waals surface area contributed by atoms with Gasteiger partial charge in [0, 0.05) is 12.7 Å². The summed E-state index contributed by atoms with van der Waals surface area (Å²) >= 11 is 0. The van der Waals surface area contributed by atoms with E-state index in [2.05, 4.69) is 5.10 Å². The molecule has 4 heteroatoms.